The second-order valence-corrected chi connectivity index (χ2v) is 7.34. The molecule has 0 aliphatic rings. The number of amides is 1. The van der Waals surface area contributed by atoms with Gasteiger partial charge in [-0.1, -0.05) is 60.1 Å². The molecule has 0 radical (unpaired) electrons. The van der Waals surface area contributed by atoms with Crippen molar-refractivity contribution in [1.82, 2.24) is 5.32 Å². The van der Waals surface area contributed by atoms with Crippen LogP contribution in [0.15, 0.2) is 12.2 Å². The fourth-order valence-electron chi connectivity index (χ4n) is 1.61. The smallest absolute Gasteiger partial charge is 0.220 e. The molecule has 0 atom stereocenters. The SMILES string of the molecule is CC(C)(C)C=CCNC(=O)CCCCC(C)(C)C. The molecule has 106 valence electrons. The van der Waals surface area contributed by atoms with Gasteiger partial charge in [-0.05, 0) is 23.7 Å². The number of unbranched alkanes of at least 4 members (excludes halogenated alkanes) is 1. The van der Waals surface area contributed by atoms with Crippen molar-refractivity contribution in [2.45, 2.75) is 67.2 Å². The molecular formula is C16H31NO. The van der Waals surface area contributed by atoms with Crippen molar-refractivity contribution in [2.75, 3.05) is 6.54 Å². The molecule has 0 aromatic carbocycles. The van der Waals surface area contributed by atoms with Gasteiger partial charge in [0.1, 0.15) is 0 Å². The van der Waals surface area contributed by atoms with Crippen LogP contribution < -0.4 is 5.32 Å². The van der Waals surface area contributed by atoms with E-state index in [2.05, 4.69) is 52.9 Å². The molecule has 0 spiro atoms. The van der Waals surface area contributed by atoms with Crippen LogP contribution in [-0.4, -0.2) is 12.5 Å². The van der Waals surface area contributed by atoms with E-state index in [9.17, 15) is 4.79 Å². The minimum atomic E-state index is 0.169. The molecular weight excluding hydrogens is 222 g/mol. The van der Waals surface area contributed by atoms with E-state index < -0.39 is 0 Å². The summed E-state index contributed by atoms with van der Waals surface area (Å²) in [4.78, 5) is 11.5. The molecule has 0 aromatic rings. The predicted molar refractivity (Wildman–Crippen MR) is 79.5 cm³/mol. The van der Waals surface area contributed by atoms with Gasteiger partial charge in [-0.15, -0.1) is 0 Å². The topological polar surface area (TPSA) is 29.1 Å². The highest BCUT2D eigenvalue weighted by Gasteiger charge is 2.09. The maximum Gasteiger partial charge on any atom is 0.220 e. The molecule has 0 aliphatic heterocycles. The summed E-state index contributed by atoms with van der Waals surface area (Å²) in [6, 6.07) is 0. The maximum absolute atomic E-state index is 11.5. The van der Waals surface area contributed by atoms with Crippen LogP contribution in [0.1, 0.15) is 67.2 Å². The minimum Gasteiger partial charge on any atom is -0.353 e. The molecule has 0 aliphatic carbocycles. The molecule has 0 aromatic heterocycles. The van der Waals surface area contributed by atoms with Crippen LogP contribution in [0, 0.1) is 10.8 Å². The zero-order chi connectivity index (χ0) is 14.2. The lowest BCUT2D eigenvalue weighted by Gasteiger charge is -2.17. The lowest BCUT2D eigenvalue weighted by atomic mass is 9.89. The monoisotopic (exact) mass is 253 g/mol. The van der Waals surface area contributed by atoms with Gasteiger partial charge in [0, 0.05) is 13.0 Å². The van der Waals surface area contributed by atoms with Crippen molar-refractivity contribution in [1.29, 1.82) is 0 Å². The molecule has 0 saturated heterocycles. The second kappa shape index (κ2) is 7.60. The van der Waals surface area contributed by atoms with Crippen LogP contribution in [0.3, 0.4) is 0 Å². The highest BCUT2D eigenvalue weighted by atomic mass is 16.1. The van der Waals surface area contributed by atoms with Gasteiger partial charge in [0.05, 0.1) is 0 Å². The summed E-state index contributed by atoms with van der Waals surface area (Å²) >= 11 is 0. The Morgan fingerprint density at radius 1 is 1.06 bits per heavy atom. The molecule has 0 heterocycles. The summed E-state index contributed by atoms with van der Waals surface area (Å²) in [5.74, 6) is 0.169. The highest BCUT2D eigenvalue weighted by molar-refractivity contribution is 5.75. The summed E-state index contributed by atoms with van der Waals surface area (Å²) in [5, 5.41) is 2.93. The maximum atomic E-state index is 11.5. The Balaban J connectivity index is 3.59. The minimum absolute atomic E-state index is 0.169. The van der Waals surface area contributed by atoms with Gasteiger partial charge in [0.2, 0.25) is 5.91 Å². The Hall–Kier alpha value is -0.790. The zero-order valence-corrected chi connectivity index (χ0v) is 13.1. The van der Waals surface area contributed by atoms with Crippen LogP contribution >= 0.6 is 0 Å². The van der Waals surface area contributed by atoms with Gasteiger partial charge in [0.25, 0.3) is 0 Å². The molecule has 0 saturated carbocycles. The summed E-state index contributed by atoms with van der Waals surface area (Å²) in [6.07, 6.45) is 8.13. The Morgan fingerprint density at radius 2 is 1.67 bits per heavy atom. The third-order valence-corrected chi connectivity index (χ3v) is 2.62. The van der Waals surface area contributed by atoms with Crippen molar-refractivity contribution in [3.8, 4) is 0 Å². The molecule has 1 N–H and O–H groups in total. The Bertz CT molecular complexity index is 266. The number of hydrogen-bond donors (Lipinski definition) is 1. The van der Waals surface area contributed by atoms with E-state index in [1.165, 1.54) is 6.42 Å². The van der Waals surface area contributed by atoms with Crippen LogP contribution in [-0.2, 0) is 4.79 Å². The second-order valence-electron chi connectivity index (χ2n) is 7.34. The summed E-state index contributed by atoms with van der Waals surface area (Å²) in [7, 11) is 0. The van der Waals surface area contributed by atoms with Crippen LogP contribution in [0.5, 0.6) is 0 Å². The van der Waals surface area contributed by atoms with E-state index in [4.69, 9.17) is 0 Å². The van der Waals surface area contributed by atoms with E-state index in [1.807, 2.05) is 6.08 Å². The highest BCUT2D eigenvalue weighted by Crippen LogP contribution is 2.21. The number of nitrogens with one attached hydrogen (secondary N) is 1. The third-order valence-electron chi connectivity index (χ3n) is 2.62. The van der Waals surface area contributed by atoms with Crippen LogP contribution in [0.4, 0.5) is 0 Å². The summed E-state index contributed by atoms with van der Waals surface area (Å²) in [5.41, 5.74) is 0.573. The molecule has 2 heteroatoms. The van der Waals surface area contributed by atoms with E-state index in [-0.39, 0.29) is 11.3 Å². The molecule has 0 rings (SSSR count). The lowest BCUT2D eigenvalue weighted by Crippen LogP contribution is -2.23. The molecule has 0 unspecified atom stereocenters. The number of rotatable bonds is 6. The fourth-order valence-corrected chi connectivity index (χ4v) is 1.61. The lowest BCUT2D eigenvalue weighted by molar-refractivity contribution is -0.121. The van der Waals surface area contributed by atoms with E-state index >= 15 is 0 Å². The average Bonchev–Trinajstić information content (AvgIpc) is 2.17. The van der Waals surface area contributed by atoms with Crippen LogP contribution in [0.2, 0.25) is 0 Å². The van der Waals surface area contributed by atoms with Crippen molar-refractivity contribution in [3.63, 3.8) is 0 Å². The van der Waals surface area contributed by atoms with Gasteiger partial charge in [-0.25, -0.2) is 0 Å². The van der Waals surface area contributed by atoms with Gasteiger partial charge < -0.3 is 5.32 Å². The van der Waals surface area contributed by atoms with Gasteiger partial charge in [0.15, 0.2) is 0 Å². The number of carbonyl (C=O) groups excluding carboxylic acids is 1. The number of carbonyl (C=O) groups is 1. The molecule has 1 amide bonds. The van der Waals surface area contributed by atoms with Crippen molar-refractivity contribution >= 4 is 5.91 Å². The number of hydrogen-bond acceptors (Lipinski definition) is 1. The first-order chi connectivity index (χ1) is 8.10. The summed E-state index contributed by atoms with van der Waals surface area (Å²) in [6.45, 7) is 13.8. The molecule has 18 heavy (non-hydrogen) atoms. The standard InChI is InChI=1S/C16H31NO/c1-15(2,3)11-8-7-10-14(18)17-13-9-12-16(4,5)6/h9,12H,7-8,10-11,13H2,1-6H3,(H,17,18). The zero-order valence-electron chi connectivity index (χ0n) is 13.1. The quantitative estimate of drug-likeness (QED) is 0.554. The first-order valence-electron chi connectivity index (χ1n) is 7.05. The van der Waals surface area contributed by atoms with Gasteiger partial charge in [-0.3, -0.25) is 4.79 Å². The fraction of sp³-hybridized carbons (Fsp3) is 0.812. The average molecular weight is 253 g/mol. The van der Waals surface area contributed by atoms with Crippen molar-refractivity contribution in [2.24, 2.45) is 10.8 Å². The number of allylic oxidation sites excluding steroid dienone is 1. The van der Waals surface area contributed by atoms with E-state index in [0.717, 1.165) is 12.8 Å². The Morgan fingerprint density at radius 3 is 2.17 bits per heavy atom. The molecule has 2 nitrogen and oxygen atoms in total. The first-order valence-corrected chi connectivity index (χ1v) is 7.05. The van der Waals surface area contributed by atoms with Gasteiger partial charge in [-0.2, -0.15) is 0 Å². The van der Waals surface area contributed by atoms with E-state index in [1.54, 1.807) is 0 Å². The molecule has 0 bridgehead atoms. The first kappa shape index (κ1) is 17.2. The Labute approximate surface area is 113 Å². The van der Waals surface area contributed by atoms with Crippen LogP contribution in [0.25, 0.3) is 0 Å². The third kappa shape index (κ3) is 13.3. The van der Waals surface area contributed by atoms with Gasteiger partial charge >= 0.3 is 0 Å². The Kier molecular flexibility index (Phi) is 7.27. The predicted octanol–water partition coefficient (Wildman–Crippen LogP) is 4.31. The largest absolute Gasteiger partial charge is 0.353 e. The summed E-state index contributed by atoms with van der Waals surface area (Å²) < 4.78 is 0. The van der Waals surface area contributed by atoms with Crippen molar-refractivity contribution in [3.05, 3.63) is 12.2 Å². The normalized spacial score (nSPS) is 13.0. The van der Waals surface area contributed by atoms with Crippen molar-refractivity contribution < 1.29 is 4.79 Å². The molecule has 0 fully saturated rings. The van der Waals surface area contributed by atoms with E-state index in [0.29, 0.717) is 18.4 Å².